The number of rotatable bonds is 5. The number of aromatic nitrogens is 1. The minimum Gasteiger partial charge on any atom is -0.465 e. The number of hydrogen-bond acceptors (Lipinski definition) is 7. The first-order chi connectivity index (χ1) is 8.39. The normalized spacial score (nSPS) is 17.4. The minimum absolute atomic E-state index is 0.00410. The number of nitrogen functional groups attached to an aromatic ring is 1. The molecule has 1 aliphatic rings. The van der Waals surface area contributed by atoms with E-state index in [0.717, 1.165) is 11.3 Å². The van der Waals surface area contributed by atoms with Gasteiger partial charge in [-0.05, 0) is 19.8 Å². The highest BCUT2D eigenvalue weighted by atomic mass is 32.2. The van der Waals surface area contributed by atoms with Crippen molar-refractivity contribution >= 4 is 32.5 Å². The molecule has 1 aromatic rings. The Hall–Kier alpha value is -1.19. The molecule has 0 spiro atoms. The van der Waals surface area contributed by atoms with Crippen LogP contribution in [0.5, 0.6) is 0 Å². The quantitative estimate of drug-likeness (QED) is 0.744. The van der Waals surface area contributed by atoms with Gasteiger partial charge in [0.15, 0.2) is 9.34 Å². The highest BCUT2D eigenvalue weighted by molar-refractivity contribution is 7.91. The maximum Gasteiger partial charge on any atom is 0.327 e. The Kier molecular flexibility index (Phi) is 3.30. The van der Waals surface area contributed by atoms with Crippen molar-refractivity contribution in [3.8, 4) is 0 Å². The Balaban J connectivity index is 2.16. The summed E-state index contributed by atoms with van der Waals surface area (Å²) >= 11 is 0.852. The van der Waals surface area contributed by atoms with Crippen LogP contribution in [-0.2, 0) is 19.6 Å². The maximum atomic E-state index is 12.0. The summed E-state index contributed by atoms with van der Waals surface area (Å²) in [5.74, 6) is -0.536. The van der Waals surface area contributed by atoms with Crippen molar-refractivity contribution in [3.63, 3.8) is 0 Å². The molecule has 3 N–H and O–H groups in total. The van der Waals surface area contributed by atoms with Crippen molar-refractivity contribution in [3.05, 3.63) is 6.20 Å². The Morgan fingerprint density at radius 1 is 1.67 bits per heavy atom. The average molecular weight is 291 g/mol. The second kappa shape index (κ2) is 4.48. The van der Waals surface area contributed by atoms with E-state index in [1.807, 2.05) is 0 Å². The van der Waals surface area contributed by atoms with Gasteiger partial charge in [-0.25, -0.2) is 13.4 Å². The fourth-order valence-corrected chi connectivity index (χ4v) is 3.78. The SMILES string of the molecule is CCOC(=O)C1(NS(=O)(=O)c2cnc(N)s2)CC1. The molecule has 0 amide bonds. The summed E-state index contributed by atoms with van der Waals surface area (Å²) in [7, 11) is -3.77. The van der Waals surface area contributed by atoms with Gasteiger partial charge in [-0.3, -0.25) is 4.79 Å². The van der Waals surface area contributed by atoms with Crippen LogP contribution in [0.1, 0.15) is 19.8 Å². The topological polar surface area (TPSA) is 111 Å². The van der Waals surface area contributed by atoms with Gasteiger partial charge in [-0.2, -0.15) is 4.72 Å². The number of anilines is 1. The summed E-state index contributed by atoms with van der Waals surface area (Å²) in [5, 5.41) is 0.163. The molecule has 0 aliphatic heterocycles. The van der Waals surface area contributed by atoms with Crippen molar-refractivity contribution in [1.29, 1.82) is 0 Å². The number of carbonyl (C=O) groups excluding carboxylic acids is 1. The Bertz CT molecular complexity index is 562. The van der Waals surface area contributed by atoms with Gasteiger partial charge in [0.1, 0.15) is 5.54 Å². The lowest BCUT2D eigenvalue weighted by atomic mass is 10.3. The van der Waals surface area contributed by atoms with Crippen molar-refractivity contribution < 1.29 is 17.9 Å². The third-order valence-electron chi connectivity index (χ3n) is 2.51. The highest BCUT2D eigenvalue weighted by Crippen LogP contribution is 2.38. The fourth-order valence-electron chi connectivity index (χ4n) is 1.45. The third-order valence-corrected chi connectivity index (χ3v) is 5.34. The molecule has 9 heteroatoms. The second-order valence-electron chi connectivity index (χ2n) is 3.93. The van der Waals surface area contributed by atoms with Gasteiger partial charge in [-0.15, -0.1) is 0 Å². The van der Waals surface area contributed by atoms with E-state index in [1.54, 1.807) is 6.92 Å². The summed E-state index contributed by atoms with van der Waals surface area (Å²) in [6, 6.07) is 0. The first-order valence-electron chi connectivity index (χ1n) is 5.32. The Morgan fingerprint density at radius 3 is 2.78 bits per heavy atom. The Morgan fingerprint density at radius 2 is 2.33 bits per heavy atom. The molecule has 0 bridgehead atoms. The van der Waals surface area contributed by atoms with Gasteiger partial charge in [0, 0.05) is 0 Å². The van der Waals surface area contributed by atoms with Crippen LogP contribution in [0, 0.1) is 0 Å². The van der Waals surface area contributed by atoms with Gasteiger partial charge in [-0.1, -0.05) is 11.3 Å². The molecule has 0 unspecified atom stereocenters. The second-order valence-corrected chi connectivity index (χ2v) is 6.90. The van der Waals surface area contributed by atoms with E-state index in [1.165, 1.54) is 6.20 Å². The number of ether oxygens (including phenoxy) is 1. The predicted octanol–water partition coefficient (Wildman–Crippen LogP) is 0.0993. The summed E-state index contributed by atoms with van der Waals surface area (Å²) in [5.41, 5.74) is 4.28. The molecule has 18 heavy (non-hydrogen) atoms. The zero-order valence-electron chi connectivity index (χ0n) is 9.67. The van der Waals surface area contributed by atoms with E-state index in [2.05, 4.69) is 9.71 Å². The summed E-state index contributed by atoms with van der Waals surface area (Å²) in [4.78, 5) is 15.3. The molecule has 1 aliphatic carbocycles. The average Bonchev–Trinajstić information content (AvgIpc) is 2.91. The van der Waals surface area contributed by atoms with E-state index in [0.29, 0.717) is 12.8 Å². The van der Waals surface area contributed by atoms with E-state index in [-0.39, 0.29) is 15.9 Å². The molecule has 1 heterocycles. The van der Waals surface area contributed by atoms with Gasteiger partial charge in [0.25, 0.3) is 10.0 Å². The smallest absolute Gasteiger partial charge is 0.327 e. The van der Waals surface area contributed by atoms with Crippen LogP contribution in [0.4, 0.5) is 5.13 Å². The van der Waals surface area contributed by atoms with Gasteiger partial charge in [0.05, 0.1) is 12.8 Å². The van der Waals surface area contributed by atoms with Gasteiger partial charge >= 0.3 is 5.97 Å². The van der Waals surface area contributed by atoms with Crippen LogP contribution >= 0.6 is 11.3 Å². The van der Waals surface area contributed by atoms with Crippen molar-refractivity contribution in [2.75, 3.05) is 12.3 Å². The van der Waals surface area contributed by atoms with E-state index < -0.39 is 21.5 Å². The lowest BCUT2D eigenvalue weighted by Gasteiger charge is -2.14. The lowest BCUT2D eigenvalue weighted by Crippen LogP contribution is -2.43. The monoisotopic (exact) mass is 291 g/mol. The minimum atomic E-state index is -3.77. The zero-order valence-corrected chi connectivity index (χ0v) is 11.3. The summed E-state index contributed by atoms with van der Waals surface area (Å²) in [6.07, 6.45) is 2.06. The Labute approximate surface area is 108 Å². The van der Waals surface area contributed by atoms with Crippen LogP contribution in [0.2, 0.25) is 0 Å². The maximum absolute atomic E-state index is 12.0. The van der Waals surface area contributed by atoms with E-state index >= 15 is 0 Å². The molecule has 1 saturated carbocycles. The van der Waals surface area contributed by atoms with Crippen LogP contribution < -0.4 is 10.5 Å². The number of esters is 1. The lowest BCUT2D eigenvalue weighted by molar-refractivity contribution is -0.146. The molecule has 0 atom stereocenters. The fraction of sp³-hybridized carbons (Fsp3) is 0.556. The highest BCUT2D eigenvalue weighted by Gasteiger charge is 2.54. The van der Waals surface area contributed by atoms with Crippen molar-refractivity contribution in [2.24, 2.45) is 0 Å². The van der Waals surface area contributed by atoms with E-state index in [9.17, 15) is 13.2 Å². The van der Waals surface area contributed by atoms with E-state index in [4.69, 9.17) is 10.5 Å². The molecule has 0 radical (unpaired) electrons. The molecular weight excluding hydrogens is 278 g/mol. The standard InChI is InChI=1S/C9H13N3O4S2/c1-2-16-7(13)9(3-4-9)12-18(14,15)6-5-11-8(10)17-6/h5,12H,2-4H2,1H3,(H2,10,11). The number of thiazole rings is 1. The molecule has 7 nitrogen and oxygen atoms in total. The number of nitrogens with one attached hydrogen (secondary N) is 1. The van der Waals surface area contributed by atoms with Crippen LogP contribution in [-0.4, -0.2) is 31.5 Å². The molecule has 1 aromatic heterocycles. The van der Waals surface area contributed by atoms with Crippen molar-refractivity contribution in [2.45, 2.75) is 29.5 Å². The predicted molar refractivity (Wildman–Crippen MR) is 65.4 cm³/mol. The summed E-state index contributed by atoms with van der Waals surface area (Å²) < 4.78 is 31.2. The van der Waals surface area contributed by atoms with Crippen LogP contribution in [0.15, 0.2) is 10.4 Å². The molecule has 1 fully saturated rings. The first kappa shape index (κ1) is 13.2. The van der Waals surface area contributed by atoms with Crippen LogP contribution in [0.3, 0.4) is 0 Å². The number of carbonyl (C=O) groups is 1. The number of hydrogen-bond donors (Lipinski definition) is 2. The third kappa shape index (κ3) is 2.47. The van der Waals surface area contributed by atoms with Crippen LogP contribution in [0.25, 0.3) is 0 Å². The number of nitrogens with two attached hydrogens (primary N) is 1. The molecule has 2 rings (SSSR count). The molecule has 0 aromatic carbocycles. The number of sulfonamides is 1. The number of nitrogens with zero attached hydrogens (tertiary/aromatic N) is 1. The zero-order chi connectivity index (χ0) is 13.4. The first-order valence-corrected chi connectivity index (χ1v) is 7.62. The van der Waals surface area contributed by atoms with Gasteiger partial charge in [0.2, 0.25) is 0 Å². The largest absolute Gasteiger partial charge is 0.465 e. The van der Waals surface area contributed by atoms with Gasteiger partial charge < -0.3 is 10.5 Å². The summed E-state index contributed by atoms with van der Waals surface area (Å²) in [6.45, 7) is 1.89. The molecule has 100 valence electrons. The molecule has 0 saturated heterocycles. The molecular formula is C9H13N3O4S2. The van der Waals surface area contributed by atoms with Crippen molar-refractivity contribution in [1.82, 2.24) is 9.71 Å².